The molecule has 0 fully saturated rings. The molecule has 23 heavy (non-hydrogen) atoms. The van der Waals surface area contributed by atoms with Gasteiger partial charge in [0.05, 0.1) is 16.5 Å². The summed E-state index contributed by atoms with van der Waals surface area (Å²) in [5.41, 5.74) is 6.49. The minimum atomic E-state index is -1.14. The second kappa shape index (κ2) is 6.74. The lowest BCUT2D eigenvalue weighted by atomic mass is 10.1. The summed E-state index contributed by atoms with van der Waals surface area (Å²) in [6.45, 7) is 1.65. The van der Waals surface area contributed by atoms with E-state index >= 15 is 0 Å². The van der Waals surface area contributed by atoms with Crippen LogP contribution in [0.1, 0.15) is 16.1 Å². The molecule has 8 heteroatoms. The van der Waals surface area contributed by atoms with Crippen LogP contribution in [-0.4, -0.2) is 39.7 Å². The summed E-state index contributed by atoms with van der Waals surface area (Å²) in [6, 6.07) is 5.00. The van der Waals surface area contributed by atoms with Gasteiger partial charge in [0.15, 0.2) is 6.61 Å². The van der Waals surface area contributed by atoms with E-state index in [1.54, 1.807) is 25.1 Å². The Hall–Kier alpha value is -2.48. The van der Waals surface area contributed by atoms with Gasteiger partial charge in [0.2, 0.25) is 0 Å². The molecular weight excluding hydrogens is 320 g/mol. The van der Waals surface area contributed by atoms with Crippen LogP contribution in [-0.2, 0) is 16.1 Å². The topological polar surface area (TPSA) is 112 Å². The number of hydrogen-bond acceptors (Lipinski definition) is 5. The van der Waals surface area contributed by atoms with Crippen LogP contribution in [0.5, 0.6) is 5.75 Å². The Morgan fingerprint density at radius 1 is 1.35 bits per heavy atom. The third kappa shape index (κ3) is 3.16. The van der Waals surface area contributed by atoms with E-state index < -0.39 is 24.3 Å². The summed E-state index contributed by atoms with van der Waals surface area (Å²) in [6.07, 6.45) is 0. The van der Waals surface area contributed by atoms with Gasteiger partial charge in [-0.15, -0.1) is 0 Å². The molecule has 1 aromatic heterocycles. The molecule has 0 saturated carbocycles. The molecule has 122 valence electrons. The lowest BCUT2D eigenvalue weighted by molar-refractivity contribution is -0.139. The number of aliphatic carboxylic acids is 1. The number of carboxylic acid groups (broad SMARTS) is 1. The van der Waals surface area contributed by atoms with Gasteiger partial charge >= 0.3 is 5.97 Å². The fourth-order valence-electron chi connectivity index (χ4n) is 2.54. The van der Waals surface area contributed by atoms with E-state index in [0.717, 1.165) is 0 Å². The first-order chi connectivity index (χ1) is 10.9. The number of primary amides is 1. The van der Waals surface area contributed by atoms with E-state index in [2.05, 4.69) is 12.6 Å². The minimum Gasteiger partial charge on any atom is -0.481 e. The molecule has 1 amide bonds. The van der Waals surface area contributed by atoms with Crippen molar-refractivity contribution in [1.29, 1.82) is 0 Å². The molecule has 2 aromatic rings. The molecule has 0 atom stereocenters. The normalized spacial score (nSPS) is 10.7. The number of carbonyl (C=O) groups excluding carboxylic acids is 2. The average Bonchev–Trinajstić information content (AvgIpc) is 2.78. The van der Waals surface area contributed by atoms with E-state index in [4.69, 9.17) is 15.6 Å². The molecule has 0 unspecified atom stereocenters. The number of rotatable bonds is 7. The first kappa shape index (κ1) is 16.9. The van der Waals surface area contributed by atoms with Crippen LogP contribution >= 0.6 is 12.6 Å². The van der Waals surface area contributed by atoms with Crippen LogP contribution in [0.3, 0.4) is 0 Å². The Bertz CT molecular complexity index is 797. The summed E-state index contributed by atoms with van der Waals surface area (Å²) >= 11 is 4.19. The van der Waals surface area contributed by atoms with Crippen LogP contribution in [0.15, 0.2) is 18.2 Å². The molecule has 0 aliphatic heterocycles. The number of nitrogens with two attached hydrogens (primary N) is 1. The summed E-state index contributed by atoms with van der Waals surface area (Å²) in [5.74, 6) is -2.32. The number of amides is 1. The van der Waals surface area contributed by atoms with E-state index in [-0.39, 0.29) is 11.3 Å². The average molecular weight is 336 g/mol. The first-order valence-electron chi connectivity index (χ1n) is 6.79. The Labute approximate surface area is 137 Å². The van der Waals surface area contributed by atoms with Crippen molar-refractivity contribution in [2.45, 2.75) is 13.5 Å². The molecule has 3 N–H and O–H groups in total. The maximum absolute atomic E-state index is 12.2. The highest BCUT2D eigenvalue weighted by molar-refractivity contribution is 7.80. The monoisotopic (exact) mass is 336 g/mol. The van der Waals surface area contributed by atoms with Crippen molar-refractivity contribution < 1.29 is 24.2 Å². The van der Waals surface area contributed by atoms with Crippen LogP contribution in [0.25, 0.3) is 10.9 Å². The van der Waals surface area contributed by atoms with Crippen molar-refractivity contribution in [2.75, 3.05) is 12.4 Å². The Morgan fingerprint density at radius 2 is 2.04 bits per heavy atom. The van der Waals surface area contributed by atoms with Gasteiger partial charge in [-0.3, -0.25) is 9.59 Å². The highest BCUT2D eigenvalue weighted by Gasteiger charge is 2.25. The van der Waals surface area contributed by atoms with Crippen molar-refractivity contribution >= 4 is 41.2 Å². The van der Waals surface area contributed by atoms with Crippen molar-refractivity contribution in [3.8, 4) is 5.75 Å². The lowest BCUT2D eigenvalue weighted by Gasteiger charge is -2.07. The van der Waals surface area contributed by atoms with Gasteiger partial charge in [0.25, 0.3) is 11.7 Å². The molecule has 0 saturated heterocycles. The number of thiol groups is 1. The summed E-state index contributed by atoms with van der Waals surface area (Å²) in [7, 11) is 0. The number of aryl methyl sites for hydroxylation is 1. The second-order valence-corrected chi connectivity index (χ2v) is 5.31. The van der Waals surface area contributed by atoms with Crippen molar-refractivity contribution in [2.24, 2.45) is 5.73 Å². The third-order valence-corrected chi connectivity index (χ3v) is 3.64. The number of hydrogen-bond donors (Lipinski definition) is 3. The largest absolute Gasteiger partial charge is 0.481 e. The molecule has 0 spiro atoms. The van der Waals surface area contributed by atoms with Gasteiger partial charge < -0.3 is 20.1 Å². The van der Waals surface area contributed by atoms with Gasteiger partial charge in [-0.2, -0.15) is 12.6 Å². The molecule has 1 aromatic carbocycles. The number of Topliss-reactive ketones (excluding diaryl/α,β-unsaturated/α-hetero) is 1. The Kier molecular flexibility index (Phi) is 4.95. The number of carboxylic acids is 1. The molecule has 0 aliphatic carbocycles. The highest BCUT2D eigenvalue weighted by Crippen LogP contribution is 2.34. The number of fused-ring (bicyclic) bond motifs is 1. The molecule has 0 radical (unpaired) electrons. The summed E-state index contributed by atoms with van der Waals surface area (Å²) < 4.78 is 7.09. The number of aromatic nitrogens is 1. The van der Waals surface area contributed by atoms with Crippen LogP contribution in [0.2, 0.25) is 0 Å². The zero-order valence-electron chi connectivity index (χ0n) is 12.4. The predicted molar refractivity (Wildman–Crippen MR) is 87.2 cm³/mol. The third-order valence-electron chi connectivity index (χ3n) is 3.44. The van der Waals surface area contributed by atoms with Crippen molar-refractivity contribution in [3.05, 3.63) is 29.5 Å². The Morgan fingerprint density at radius 3 is 2.61 bits per heavy atom. The van der Waals surface area contributed by atoms with Crippen LogP contribution < -0.4 is 10.5 Å². The van der Waals surface area contributed by atoms with E-state index in [9.17, 15) is 14.4 Å². The van der Waals surface area contributed by atoms with Crippen LogP contribution in [0, 0.1) is 6.92 Å². The quantitative estimate of drug-likeness (QED) is 0.397. The lowest BCUT2D eigenvalue weighted by Crippen LogP contribution is -2.24. The molecule has 0 aliphatic rings. The molecule has 2 rings (SSSR count). The van der Waals surface area contributed by atoms with E-state index in [1.807, 2.05) is 4.57 Å². The molecule has 1 heterocycles. The van der Waals surface area contributed by atoms with Crippen LogP contribution in [0.4, 0.5) is 0 Å². The zero-order chi connectivity index (χ0) is 17.1. The first-order valence-corrected chi connectivity index (χ1v) is 7.43. The fraction of sp³-hybridized carbons (Fsp3) is 0.267. The number of benzene rings is 1. The number of ether oxygens (including phenoxy) is 1. The second-order valence-electron chi connectivity index (χ2n) is 4.86. The summed E-state index contributed by atoms with van der Waals surface area (Å²) in [4.78, 5) is 34.3. The number of ketones is 1. The minimum absolute atomic E-state index is 0.135. The maximum atomic E-state index is 12.2. The maximum Gasteiger partial charge on any atom is 0.341 e. The van der Waals surface area contributed by atoms with Gasteiger partial charge in [0.1, 0.15) is 5.75 Å². The van der Waals surface area contributed by atoms with Gasteiger partial charge in [-0.25, -0.2) is 4.79 Å². The highest BCUT2D eigenvalue weighted by atomic mass is 32.1. The molecular formula is C15H16N2O5S. The zero-order valence-corrected chi connectivity index (χ0v) is 13.3. The smallest absolute Gasteiger partial charge is 0.341 e. The number of nitrogens with zero attached hydrogens (tertiary/aromatic N) is 1. The van der Waals surface area contributed by atoms with E-state index in [0.29, 0.717) is 28.9 Å². The molecule has 0 bridgehead atoms. The SMILES string of the molecule is Cc1c(C(=O)C(N)=O)c2c(OCC(=O)O)cccc2n1CCS. The van der Waals surface area contributed by atoms with Gasteiger partial charge in [0, 0.05) is 18.0 Å². The van der Waals surface area contributed by atoms with Crippen molar-refractivity contribution in [3.63, 3.8) is 0 Å². The van der Waals surface area contributed by atoms with Crippen molar-refractivity contribution in [1.82, 2.24) is 4.57 Å². The standard InChI is InChI=1S/C15H16N2O5S/c1-8-12(14(20)15(16)21)13-9(17(8)5-6-23)3-2-4-10(13)22-7-11(18)19/h2-4,23H,5-7H2,1H3,(H2,16,21)(H,18,19). The van der Waals surface area contributed by atoms with Gasteiger partial charge in [-0.1, -0.05) is 6.07 Å². The molecule has 7 nitrogen and oxygen atoms in total. The fourth-order valence-corrected chi connectivity index (χ4v) is 2.74. The summed E-state index contributed by atoms with van der Waals surface area (Å²) in [5, 5.41) is 9.16. The van der Waals surface area contributed by atoms with Gasteiger partial charge in [-0.05, 0) is 19.1 Å². The predicted octanol–water partition coefficient (Wildman–Crippen LogP) is 1.01. The Balaban J connectivity index is 2.74. The number of carbonyl (C=O) groups is 3. The van der Waals surface area contributed by atoms with E-state index in [1.165, 1.54) is 0 Å².